The first-order valence-electron chi connectivity index (χ1n) is 5.07. The van der Waals surface area contributed by atoms with Crippen molar-refractivity contribution in [3.05, 3.63) is 0 Å². The van der Waals surface area contributed by atoms with Gasteiger partial charge in [0.15, 0.2) is 0 Å². The van der Waals surface area contributed by atoms with E-state index in [1.165, 1.54) is 4.31 Å². The predicted molar refractivity (Wildman–Crippen MR) is 59.9 cm³/mol. The topological polar surface area (TPSA) is 95.6 Å². The maximum absolute atomic E-state index is 11.6. The van der Waals surface area contributed by atoms with Crippen LogP contribution >= 0.6 is 11.6 Å². The lowest BCUT2D eigenvalue weighted by molar-refractivity contribution is -0.125. The molecule has 0 aliphatic carbocycles. The highest BCUT2D eigenvalue weighted by atomic mass is 35.5. The van der Waals surface area contributed by atoms with Gasteiger partial charge in [0, 0.05) is 13.1 Å². The number of carbonyl (C=O) groups is 2. The molecule has 0 saturated carbocycles. The number of alkyl halides is 1. The average Bonchev–Trinajstić information content (AvgIpc) is 2.54. The molecule has 1 spiro atoms. The molecule has 96 valence electrons. The number of nitrogens with one attached hydrogen (secondary N) is 2. The number of hydrogen-bond acceptors (Lipinski definition) is 4. The fourth-order valence-corrected chi connectivity index (χ4v) is 3.39. The molecule has 0 bridgehead atoms. The number of carbonyl (C=O) groups excluding carboxylic acids is 2. The number of rotatable bonds is 2. The van der Waals surface area contributed by atoms with Crippen LogP contribution in [0.1, 0.15) is 12.8 Å². The molecule has 0 atom stereocenters. The first-order chi connectivity index (χ1) is 7.89. The Bertz CT molecular complexity index is 455. The van der Waals surface area contributed by atoms with Gasteiger partial charge in [-0.2, -0.15) is 0 Å². The van der Waals surface area contributed by atoms with Gasteiger partial charge in [-0.1, -0.05) is 0 Å². The third-order valence-electron chi connectivity index (χ3n) is 3.12. The monoisotopic (exact) mass is 281 g/mol. The molecule has 2 saturated heterocycles. The predicted octanol–water partition coefficient (Wildman–Crippen LogP) is -0.813. The van der Waals surface area contributed by atoms with Crippen LogP contribution in [0.4, 0.5) is 4.79 Å². The number of halogens is 1. The molecule has 9 heteroatoms. The summed E-state index contributed by atoms with van der Waals surface area (Å²) in [5, 5.41) is 4.24. The molecule has 2 aliphatic heterocycles. The van der Waals surface area contributed by atoms with Gasteiger partial charge in [-0.25, -0.2) is 17.5 Å². The summed E-state index contributed by atoms with van der Waals surface area (Å²) >= 11 is 5.35. The molecule has 2 rings (SSSR count). The van der Waals surface area contributed by atoms with Crippen LogP contribution in [0.5, 0.6) is 0 Å². The molecule has 0 radical (unpaired) electrons. The minimum Gasteiger partial charge on any atom is -0.323 e. The van der Waals surface area contributed by atoms with Crippen LogP contribution < -0.4 is 10.6 Å². The van der Waals surface area contributed by atoms with Gasteiger partial charge >= 0.3 is 6.03 Å². The number of urea groups is 1. The van der Waals surface area contributed by atoms with E-state index in [2.05, 4.69) is 10.6 Å². The number of imide groups is 1. The normalized spacial score (nSPS) is 24.8. The Morgan fingerprint density at radius 2 is 1.88 bits per heavy atom. The highest BCUT2D eigenvalue weighted by Crippen LogP contribution is 2.27. The van der Waals surface area contributed by atoms with E-state index in [4.69, 9.17) is 11.6 Å². The number of piperidine rings is 1. The molecule has 7 nitrogen and oxygen atoms in total. The molecular weight excluding hydrogens is 270 g/mol. The summed E-state index contributed by atoms with van der Waals surface area (Å²) in [5.41, 5.74) is -0.949. The molecule has 0 aromatic rings. The number of hydrogen-bond donors (Lipinski definition) is 2. The molecule has 2 heterocycles. The fourth-order valence-electron chi connectivity index (χ4n) is 2.10. The van der Waals surface area contributed by atoms with E-state index in [1.54, 1.807) is 0 Å². The number of sulfonamides is 1. The molecular formula is C8H12ClN3O4S. The van der Waals surface area contributed by atoms with Crippen molar-refractivity contribution in [1.82, 2.24) is 14.9 Å². The van der Waals surface area contributed by atoms with E-state index in [0.29, 0.717) is 0 Å². The van der Waals surface area contributed by atoms with Gasteiger partial charge in [0.05, 0.1) is 0 Å². The van der Waals surface area contributed by atoms with Gasteiger partial charge < -0.3 is 5.32 Å². The SMILES string of the molecule is O=C1NC(=O)C2(CCN(S(=O)(=O)CCl)CC2)N1. The molecule has 0 aromatic carbocycles. The van der Waals surface area contributed by atoms with Gasteiger partial charge in [0.2, 0.25) is 10.0 Å². The van der Waals surface area contributed by atoms with Crippen LogP contribution in [0.2, 0.25) is 0 Å². The minimum atomic E-state index is -3.44. The summed E-state index contributed by atoms with van der Waals surface area (Å²) in [5.74, 6) is -0.384. The van der Waals surface area contributed by atoms with Gasteiger partial charge in [-0.05, 0) is 12.8 Å². The van der Waals surface area contributed by atoms with Crippen LogP contribution in [0.25, 0.3) is 0 Å². The van der Waals surface area contributed by atoms with Crippen molar-refractivity contribution in [2.24, 2.45) is 0 Å². The van der Waals surface area contributed by atoms with Crippen molar-refractivity contribution < 1.29 is 18.0 Å². The third kappa shape index (κ3) is 2.12. The average molecular weight is 282 g/mol. The number of nitrogens with zero attached hydrogens (tertiary/aromatic N) is 1. The second kappa shape index (κ2) is 4.11. The van der Waals surface area contributed by atoms with Gasteiger partial charge in [0.25, 0.3) is 5.91 Å². The zero-order valence-corrected chi connectivity index (χ0v) is 10.5. The Balaban J connectivity index is 2.09. The standard InChI is InChI=1S/C8H12ClN3O4S/c9-5-17(15,16)12-3-1-8(2-4-12)6(13)10-7(14)11-8/h1-5H2,(H2,10,11,13,14). The van der Waals surface area contributed by atoms with E-state index >= 15 is 0 Å². The second-order valence-corrected chi connectivity index (χ2v) is 6.66. The maximum atomic E-state index is 11.6. The van der Waals surface area contributed by atoms with Gasteiger partial charge in [-0.15, -0.1) is 11.6 Å². The Morgan fingerprint density at radius 1 is 1.29 bits per heavy atom. The van der Waals surface area contributed by atoms with Crippen molar-refractivity contribution in [2.75, 3.05) is 18.3 Å². The van der Waals surface area contributed by atoms with Crippen molar-refractivity contribution in [2.45, 2.75) is 18.4 Å². The molecule has 2 aliphatic rings. The van der Waals surface area contributed by atoms with E-state index in [0.717, 1.165) is 0 Å². The summed E-state index contributed by atoms with van der Waals surface area (Å²) in [6, 6.07) is -0.524. The number of amides is 3. The lowest BCUT2D eigenvalue weighted by Gasteiger charge is -2.35. The van der Waals surface area contributed by atoms with Crippen molar-refractivity contribution in [3.63, 3.8) is 0 Å². The van der Waals surface area contributed by atoms with Gasteiger partial charge in [0.1, 0.15) is 10.8 Å². The van der Waals surface area contributed by atoms with Crippen LogP contribution in [0.3, 0.4) is 0 Å². The molecule has 3 amide bonds. The summed E-state index contributed by atoms with van der Waals surface area (Å²) in [4.78, 5) is 22.7. The largest absolute Gasteiger partial charge is 0.323 e. The minimum absolute atomic E-state index is 0.183. The van der Waals surface area contributed by atoms with E-state index in [9.17, 15) is 18.0 Å². The van der Waals surface area contributed by atoms with E-state index in [-0.39, 0.29) is 31.8 Å². The van der Waals surface area contributed by atoms with E-state index < -0.39 is 26.8 Å². The Morgan fingerprint density at radius 3 is 2.29 bits per heavy atom. The van der Waals surface area contributed by atoms with Crippen molar-refractivity contribution in [1.29, 1.82) is 0 Å². The molecule has 0 aromatic heterocycles. The molecule has 2 N–H and O–H groups in total. The summed E-state index contributed by atoms with van der Waals surface area (Å²) in [7, 11) is -3.44. The van der Waals surface area contributed by atoms with Crippen molar-refractivity contribution >= 4 is 33.6 Å². The Hall–Kier alpha value is -0.860. The Kier molecular flexibility index (Phi) is 3.04. The first-order valence-corrected chi connectivity index (χ1v) is 7.21. The van der Waals surface area contributed by atoms with Crippen molar-refractivity contribution in [3.8, 4) is 0 Å². The third-order valence-corrected chi connectivity index (χ3v) is 5.38. The second-order valence-electron chi connectivity index (χ2n) is 4.11. The molecule has 17 heavy (non-hydrogen) atoms. The zero-order valence-electron chi connectivity index (χ0n) is 8.90. The van der Waals surface area contributed by atoms with E-state index in [1.807, 2.05) is 0 Å². The van der Waals surface area contributed by atoms with Crippen LogP contribution in [-0.4, -0.2) is 48.5 Å². The highest BCUT2D eigenvalue weighted by Gasteiger charge is 2.49. The summed E-state index contributed by atoms with van der Waals surface area (Å²) in [6.45, 7) is 0.367. The van der Waals surface area contributed by atoms with Crippen LogP contribution in [0.15, 0.2) is 0 Å². The summed E-state index contributed by atoms with van der Waals surface area (Å²) in [6.07, 6.45) is 0.529. The lowest BCUT2D eigenvalue weighted by atomic mass is 9.89. The maximum Gasteiger partial charge on any atom is 0.322 e. The van der Waals surface area contributed by atoms with Gasteiger partial charge in [-0.3, -0.25) is 10.1 Å². The Labute approximate surface area is 104 Å². The highest BCUT2D eigenvalue weighted by molar-refractivity contribution is 7.90. The van der Waals surface area contributed by atoms with Crippen LogP contribution in [0, 0.1) is 0 Å². The smallest absolute Gasteiger partial charge is 0.322 e. The zero-order chi connectivity index (χ0) is 12.7. The first kappa shape index (κ1) is 12.6. The molecule has 2 fully saturated rings. The fraction of sp³-hybridized carbons (Fsp3) is 0.750. The van der Waals surface area contributed by atoms with Crippen LogP contribution in [-0.2, 0) is 14.8 Å². The quantitative estimate of drug-likeness (QED) is 0.511. The molecule has 0 unspecified atom stereocenters. The summed E-state index contributed by atoms with van der Waals surface area (Å²) < 4.78 is 24.3. The lowest BCUT2D eigenvalue weighted by Crippen LogP contribution is -2.55.